The minimum Gasteiger partial charge on any atom is -0.497 e. The van der Waals surface area contributed by atoms with E-state index in [1.807, 2.05) is 19.1 Å². The summed E-state index contributed by atoms with van der Waals surface area (Å²) in [6, 6.07) is 8.17. The van der Waals surface area contributed by atoms with Gasteiger partial charge in [0.05, 0.1) is 12.7 Å². The van der Waals surface area contributed by atoms with Crippen molar-refractivity contribution in [3.8, 4) is 5.75 Å². The quantitative estimate of drug-likeness (QED) is 0.767. The molecular weight excluding hydrogens is 330 g/mol. The molecule has 5 heteroatoms. The van der Waals surface area contributed by atoms with E-state index in [0.29, 0.717) is 6.42 Å². The van der Waals surface area contributed by atoms with Gasteiger partial charge in [0, 0.05) is 18.9 Å². The molecule has 5 nitrogen and oxygen atoms in total. The lowest BCUT2D eigenvalue weighted by molar-refractivity contribution is -0.137. The van der Waals surface area contributed by atoms with Gasteiger partial charge in [-0.25, -0.2) is 0 Å². The molecule has 1 atom stereocenters. The van der Waals surface area contributed by atoms with Gasteiger partial charge in [-0.2, -0.15) is 0 Å². The van der Waals surface area contributed by atoms with Gasteiger partial charge in [-0.15, -0.1) is 0 Å². The Balaban J connectivity index is 0.000000487. The van der Waals surface area contributed by atoms with E-state index in [-0.39, 0.29) is 5.92 Å². The molecule has 0 radical (unpaired) electrons. The van der Waals surface area contributed by atoms with E-state index in [0.717, 1.165) is 44.4 Å². The van der Waals surface area contributed by atoms with Gasteiger partial charge in [-0.1, -0.05) is 38.3 Å². The van der Waals surface area contributed by atoms with Gasteiger partial charge in [0.1, 0.15) is 5.75 Å². The number of aliphatic carboxylic acids is 1. The Morgan fingerprint density at radius 3 is 2.15 bits per heavy atom. The molecule has 0 aliphatic heterocycles. The number of benzene rings is 1. The lowest BCUT2D eigenvalue weighted by Gasteiger charge is -2.40. The molecule has 2 rings (SSSR count). The van der Waals surface area contributed by atoms with Crippen LogP contribution < -0.4 is 4.74 Å². The number of methoxy groups -OCH3 is 1. The number of carbonyl (C=O) groups is 1. The normalized spacial score (nSPS) is 17.2. The van der Waals surface area contributed by atoms with Crippen molar-refractivity contribution in [2.24, 2.45) is 0 Å². The molecule has 1 aromatic carbocycles. The number of nitrogens with zero attached hydrogens (tertiary/aromatic N) is 1. The maximum absolute atomic E-state index is 11.1. The van der Waals surface area contributed by atoms with Gasteiger partial charge < -0.3 is 19.8 Å². The van der Waals surface area contributed by atoms with E-state index in [2.05, 4.69) is 31.1 Å². The van der Waals surface area contributed by atoms with E-state index >= 15 is 0 Å². The van der Waals surface area contributed by atoms with Gasteiger partial charge in [-0.05, 0) is 51.1 Å². The summed E-state index contributed by atoms with van der Waals surface area (Å²) in [5.41, 5.74) is 0.654. The number of hydrogen-bond acceptors (Lipinski definition) is 4. The monoisotopic (exact) mass is 365 g/mol. The Morgan fingerprint density at radius 1 is 1.19 bits per heavy atom. The van der Waals surface area contributed by atoms with Crippen LogP contribution >= 0.6 is 0 Å². The third-order valence-corrected chi connectivity index (χ3v) is 4.90. The van der Waals surface area contributed by atoms with E-state index in [9.17, 15) is 9.90 Å². The third kappa shape index (κ3) is 7.34. The number of ether oxygens (including phenoxy) is 1. The molecule has 1 unspecified atom stereocenters. The minimum atomic E-state index is -0.711. The Bertz CT molecular complexity index is 521. The van der Waals surface area contributed by atoms with E-state index < -0.39 is 11.6 Å². The molecule has 1 aliphatic carbocycles. The molecule has 0 spiro atoms. The van der Waals surface area contributed by atoms with E-state index in [4.69, 9.17) is 9.84 Å². The Kier molecular flexibility index (Phi) is 9.66. The Morgan fingerprint density at radius 2 is 1.77 bits per heavy atom. The number of carboxylic acid groups (broad SMARTS) is 1. The van der Waals surface area contributed by atoms with Crippen molar-refractivity contribution < 1.29 is 19.7 Å². The second kappa shape index (κ2) is 11.2. The molecule has 1 fully saturated rings. The number of rotatable bonds is 7. The molecular formula is C21H35NO4. The Labute approximate surface area is 158 Å². The SMILES string of the molecule is CCCC(=O)O.COc1ccc(C(CN(C)C)C2(O)CCCCC2)cc1. The molecule has 0 saturated heterocycles. The molecule has 0 aromatic heterocycles. The average molecular weight is 366 g/mol. The standard InChI is InChI=1S/C17H27NO2.C4H8O2/c1-18(2)13-16(17(19)11-5-4-6-12-17)14-7-9-15(20-3)10-8-14;1-2-3-4(5)6/h7-10,16,19H,4-6,11-13H2,1-3H3;2-3H2,1H3,(H,5,6). The second-order valence-corrected chi connectivity index (χ2v) is 7.40. The van der Waals surface area contributed by atoms with Gasteiger partial charge in [0.25, 0.3) is 0 Å². The predicted octanol–water partition coefficient (Wildman–Crippen LogP) is 3.91. The van der Waals surface area contributed by atoms with Crippen molar-refractivity contribution >= 4 is 5.97 Å². The zero-order valence-electron chi connectivity index (χ0n) is 16.7. The van der Waals surface area contributed by atoms with Gasteiger partial charge >= 0.3 is 5.97 Å². The fraction of sp³-hybridized carbons (Fsp3) is 0.667. The molecule has 1 aliphatic rings. The average Bonchev–Trinajstić information content (AvgIpc) is 2.61. The third-order valence-electron chi connectivity index (χ3n) is 4.90. The van der Waals surface area contributed by atoms with Crippen molar-refractivity contribution in [3.05, 3.63) is 29.8 Å². The van der Waals surface area contributed by atoms with Crippen molar-refractivity contribution in [1.29, 1.82) is 0 Å². The first kappa shape index (κ1) is 22.5. The predicted molar refractivity (Wildman–Crippen MR) is 105 cm³/mol. The number of hydrogen-bond donors (Lipinski definition) is 2. The van der Waals surface area contributed by atoms with Crippen molar-refractivity contribution in [1.82, 2.24) is 4.90 Å². The highest BCUT2D eigenvalue weighted by Gasteiger charge is 2.38. The highest BCUT2D eigenvalue weighted by Crippen LogP contribution is 2.40. The summed E-state index contributed by atoms with van der Waals surface area (Å²) in [5, 5.41) is 19.0. The van der Waals surface area contributed by atoms with E-state index in [1.165, 1.54) is 12.0 Å². The summed E-state index contributed by atoms with van der Waals surface area (Å²) in [6.45, 7) is 2.72. The maximum atomic E-state index is 11.1. The van der Waals surface area contributed by atoms with E-state index in [1.54, 1.807) is 7.11 Å². The first-order chi connectivity index (χ1) is 12.3. The first-order valence-corrected chi connectivity index (χ1v) is 9.55. The van der Waals surface area contributed by atoms with Crippen LogP contribution in [0.1, 0.15) is 63.4 Å². The van der Waals surface area contributed by atoms with Gasteiger partial charge in [0.2, 0.25) is 0 Å². The van der Waals surface area contributed by atoms with Crippen LogP contribution in [0.25, 0.3) is 0 Å². The van der Waals surface area contributed by atoms with Crippen LogP contribution in [0.15, 0.2) is 24.3 Å². The first-order valence-electron chi connectivity index (χ1n) is 9.55. The number of carboxylic acids is 1. The molecule has 1 aromatic rings. The molecule has 26 heavy (non-hydrogen) atoms. The molecule has 1 saturated carbocycles. The molecule has 148 valence electrons. The van der Waals surface area contributed by atoms with Crippen molar-refractivity contribution in [2.45, 2.75) is 63.4 Å². The fourth-order valence-electron chi connectivity index (χ4n) is 3.51. The van der Waals surface area contributed by atoms with Crippen LogP contribution in [-0.4, -0.2) is 54.4 Å². The maximum Gasteiger partial charge on any atom is 0.303 e. The van der Waals surface area contributed by atoms with Crippen molar-refractivity contribution in [3.63, 3.8) is 0 Å². The Hall–Kier alpha value is -1.59. The zero-order chi connectivity index (χ0) is 19.6. The molecule has 0 amide bonds. The highest BCUT2D eigenvalue weighted by molar-refractivity contribution is 5.66. The molecule has 0 heterocycles. The minimum absolute atomic E-state index is 0.170. The topological polar surface area (TPSA) is 70.0 Å². The second-order valence-electron chi connectivity index (χ2n) is 7.40. The summed E-state index contributed by atoms with van der Waals surface area (Å²) in [7, 11) is 5.83. The van der Waals surface area contributed by atoms with Crippen LogP contribution in [0.3, 0.4) is 0 Å². The lowest BCUT2D eigenvalue weighted by Crippen LogP contribution is -2.42. The summed E-state index contributed by atoms with van der Waals surface area (Å²) >= 11 is 0. The lowest BCUT2D eigenvalue weighted by atomic mass is 9.72. The largest absolute Gasteiger partial charge is 0.497 e. The van der Waals surface area contributed by atoms with Gasteiger partial charge in [0.15, 0.2) is 0 Å². The number of aliphatic hydroxyl groups is 1. The smallest absolute Gasteiger partial charge is 0.303 e. The molecule has 0 bridgehead atoms. The number of likely N-dealkylation sites (N-methyl/N-ethyl adjacent to an activating group) is 1. The fourth-order valence-corrected chi connectivity index (χ4v) is 3.51. The summed E-state index contributed by atoms with van der Waals surface area (Å²) in [5.74, 6) is 0.328. The van der Waals surface area contributed by atoms with Crippen LogP contribution in [0, 0.1) is 0 Å². The highest BCUT2D eigenvalue weighted by atomic mass is 16.5. The van der Waals surface area contributed by atoms with Gasteiger partial charge in [-0.3, -0.25) is 4.79 Å². The van der Waals surface area contributed by atoms with Crippen LogP contribution in [-0.2, 0) is 4.79 Å². The van der Waals surface area contributed by atoms with Crippen LogP contribution in [0.4, 0.5) is 0 Å². The van der Waals surface area contributed by atoms with Crippen LogP contribution in [0.2, 0.25) is 0 Å². The summed E-state index contributed by atoms with van der Waals surface area (Å²) in [4.78, 5) is 11.8. The summed E-state index contributed by atoms with van der Waals surface area (Å²) in [6.07, 6.45) is 6.37. The summed E-state index contributed by atoms with van der Waals surface area (Å²) < 4.78 is 5.23. The molecule has 2 N–H and O–H groups in total. The van der Waals surface area contributed by atoms with Crippen molar-refractivity contribution in [2.75, 3.05) is 27.7 Å². The zero-order valence-corrected chi connectivity index (χ0v) is 16.7. The van der Waals surface area contributed by atoms with Crippen LogP contribution in [0.5, 0.6) is 5.75 Å².